The molecule has 2 aromatic carbocycles. The molecule has 0 saturated carbocycles. The Labute approximate surface area is 133 Å². The molecule has 0 heterocycles. The van der Waals surface area contributed by atoms with Gasteiger partial charge in [-0.25, -0.2) is 8.78 Å². The molecule has 0 bridgehead atoms. The number of halogens is 3. The molecular weight excluding hydrogens is 334 g/mol. The summed E-state index contributed by atoms with van der Waals surface area (Å²) in [6.07, 6.45) is 0. The number of nitrogens with zero attached hydrogens (tertiary/aromatic N) is 1. The van der Waals surface area contributed by atoms with E-state index in [1.807, 2.05) is 0 Å². The van der Waals surface area contributed by atoms with Crippen LogP contribution in [0.2, 0.25) is 5.02 Å². The molecule has 2 rings (SSSR count). The van der Waals surface area contributed by atoms with E-state index in [0.29, 0.717) is 6.07 Å². The third kappa shape index (κ3) is 4.62. The molecule has 1 amide bonds. The first-order valence-electron chi connectivity index (χ1n) is 6.18. The van der Waals surface area contributed by atoms with Crippen LogP contribution in [-0.2, 0) is 4.79 Å². The SMILES string of the molecule is O=C(COc1ccc(Cl)cc1[N+](=O)[O-])Nc1cc(F)cc(F)c1. The Bertz CT molecular complexity index is 750. The molecule has 0 spiro atoms. The molecule has 0 unspecified atom stereocenters. The highest BCUT2D eigenvalue weighted by Crippen LogP contribution is 2.29. The molecule has 0 radical (unpaired) electrons. The summed E-state index contributed by atoms with van der Waals surface area (Å²) < 4.78 is 31.0. The predicted molar refractivity (Wildman–Crippen MR) is 78.6 cm³/mol. The Hall–Kier alpha value is -2.74. The van der Waals surface area contributed by atoms with Gasteiger partial charge in [-0.05, 0) is 24.3 Å². The second-order valence-corrected chi connectivity index (χ2v) is 4.80. The summed E-state index contributed by atoms with van der Waals surface area (Å²) in [7, 11) is 0. The van der Waals surface area contributed by atoms with Gasteiger partial charge >= 0.3 is 5.69 Å². The van der Waals surface area contributed by atoms with Crippen molar-refractivity contribution in [2.45, 2.75) is 0 Å². The van der Waals surface area contributed by atoms with Crippen LogP contribution in [0.15, 0.2) is 36.4 Å². The Morgan fingerprint density at radius 2 is 1.87 bits per heavy atom. The maximum absolute atomic E-state index is 13.0. The minimum atomic E-state index is -0.852. The highest BCUT2D eigenvalue weighted by atomic mass is 35.5. The van der Waals surface area contributed by atoms with Gasteiger partial charge in [0.25, 0.3) is 5.91 Å². The number of carbonyl (C=O) groups excluding carboxylic acids is 1. The largest absolute Gasteiger partial charge is 0.477 e. The topological polar surface area (TPSA) is 81.5 Å². The van der Waals surface area contributed by atoms with Crippen LogP contribution in [0.5, 0.6) is 5.75 Å². The fraction of sp³-hybridized carbons (Fsp3) is 0.0714. The molecule has 9 heteroatoms. The standard InChI is InChI=1S/C14H9ClF2N2O4/c15-8-1-2-13(12(3-8)19(21)22)23-7-14(20)18-11-5-9(16)4-10(17)6-11/h1-6H,7H2,(H,18,20). The highest BCUT2D eigenvalue weighted by molar-refractivity contribution is 6.30. The van der Waals surface area contributed by atoms with Crippen molar-refractivity contribution in [3.8, 4) is 5.75 Å². The summed E-state index contributed by atoms with van der Waals surface area (Å²) in [5.74, 6) is -2.59. The number of amides is 1. The molecule has 0 saturated heterocycles. The second kappa shape index (κ2) is 7.01. The lowest BCUT2D eigenvalue weighted by Gasteiger charge is -2.08. The van der Waals surface area contributed by atoms with Gasteiger partial charge < -0.3 is 10.1 Å². The number of nitro groups is 1. The predicted octanol–water partition coefficient (Wildman–Crippen LogP) is 3.54. The molecule has 120 valence electrons. The number of hydrogen-bond donors (Lipinski definition) is 1. The van der Waals surface area contributed by atoms with Gasteiger partial charge in [-0.3, -0.25) is 14.9 Å². The van der Waals surface area contributed by atoms with Crippen molar-refractivity contribution in [3.63, 3.8) is 0 Å². The van der Waals surface area contributed by atoms with Crippen molar-refractivity contribution in [1.29, 1.82) is 0 Å². The number of carbonyl (C=O) groups is 1. The molecule has 0 fully saturated rings. The molecule has 0 aliphatic heterocycles. The average Bonchev–Trinajstić information content (AvgIpc) is 2.44. The summed E-state index contributed by atoms with van der Waals surface area (Å²) in [5, 5.41) is 13.2. The van der Waals surface area contributed by atoms with Crippen molar-refractivity contribution in [2.75, 3.05) is 11.9 Å². The quantitative estimate of drug-likeness (QED) is 0.665. The Balaban J connectivity index is 2.03. The Kier molecular flexibility index (Phi) is 5.07. The molecule has 0 aliphatic rings. The molecule has 0 aromatic heterocycles. The zero-order valence-corrected chi connectivity index (χ0v) is 12.1. The third-order valence-electron chi connectivity index (χ3n) is 2.62. The minimum Gasteiger partial charge on any atom is -0.477 e. The van der Waals surface area contributed by atoms with E-state index in [9.17, 15) is 23.7 Å². The first kappa shape index (κ1) is 16.6. The number of benzene rings is 2. The van der Waals surface area contributed by atoms with Gasteiger partial charge in [0.1, 0.15) is 11.6 Å². The summed E-state index contributed by atoms with van der Waals surface area (Å²) in [5.41, 5.74) is -0.496. The van der Waals surface area contributed by atoms with Crippen LogP contribution in [0.1, 0.15) is 0 Å². The van der Waals surface area contributed by atoms with E-state index in [1.54, 1.807) is 0 Å². The Morgan fingerprint density at radius 3 is 2.48 bits per heavy atom. The molecule has 2 aromatic rings. The minimum absolute atomic E-state index is 0.0956. The number of hydrogen-bond acceptors (Lipinski definition) is 4. The van der Waals surface area contributed by atoms with Gasteiger partial charge in [0.15, 0.2) is 12.4 Å². The average molecular weight is 343 g/mol. The molecule has 1 N–H and O–H groups in total. The van der Waals surface area contributed by atoms with Crippen LogP contribution in [0, 0.1) is 21.7 Å². The Morgan fingerprint density at radius 1 is 1.22 bits per heavy atom. The van der Waals surface area contributed by atoms with Crippen molar-refractivity contribution in [3.05, 3.63) is 63.2 Å². The van der Waals surface area contributed by atoms with E-state index in [-0.39, 0.29) is 16.5 Å². The van der Waals surface area contributed by atoms with Gasteiger partial charge in [-0.15, -0.1) is 0 Å². The zero-order valence-electron chi connectivity index (χ0n) is 11.4. The smallest absolute Gasteiger partial charge is 0.312 e. The number of ether oxygens (including phenoxy) is 1. The summed E-state index contributed by atoms with van der Waals surface area (Å²) in [6, 6.07) is 6.19. The van der Waals surface area contributed by atoms with Crippen LogP contribution in [0.3, 0.4) is 0 Å². The maximum atomic E-state index is 13.0. The van der Waals surface area contributed by atoms with Crippen LogP contribution >= 0.6 is 11.6 Å². The number of nitrogens with one attached hydrogen (secondary N) is 1. The van der Waals surface area contributed by atoms with Crippen LogP contribution < -0.4 is 10.1 Å². The van der Waals surface area contributed by atoms with E-state index in [1.165, 1.54) is 12.1 Å². The molecule has 0 atom stereocenters. The van der Waals surface area contributed by atoms with E-state index >= 15 is 0 Å². The highest BCUT2D eigenvalue weighted by Gasteiger charge is 2.17. The number of rotatable bonds is 5. The normalized spacial score (nSPS) is 10.2. The van der Waals surface area contributed by atoms with E-state index in [4.69, 9.17) is 16.3 Å². The van der Waals surface area contributed by atoms with Gasteiger partial charge in [-0.1, -0.05) is 11.6 Å². The second-order valence-electron chi connectivity index (χ2n) is 4.36. The van der Waals surface area contributed by atoms with Crippen molar-refractivity contribution < 1.29 is 23.2 Å². The van der Waals surface area contributed by atoms with E-state index in [2.05, 4.69) is 5.32 Å². The van der Waals surface area contributed by atoms with Crippen LogP contribution in [-0.4, -0.2) is 17.4 Å². The van der Waals surface area contributed by atoms with E-state index < -0.39 is 34.8 Å². The third-order valence-corrected chi connectivity index (χ3v) is 2.86. The van der Waals surface area contributed by atoms with Gasteiger partial charge in [-0.2, -0.15) is 0 Å². The van der Waals surface area contributed by atoms with Crippen molar-refractivity contribution in [1.82, 2.24) is 0 Å². The zero-order chi connectivity index (χ0) is 17.0. The van der Waals surface area contributed by atoms with E-state index in [0.717, 1.165) is 18.2 Å². The first-order chi connectivity index (χ1) is 10.8. The summed E-state index contributed by atoms with van der Waals surface area (Å²) in [4.78, 5) is 21.8. The van der Waals surface area contributed by atoms with Gasteiger partial charge in [0.05, 0.1) is 4.92 Å². The van der Waals surface area contributed by atoms with Crippen molar-refractivity contribution >= 4 is 28.9 Å². The lowest BCUT2D eigenvalue weighted by Crippen LogP contribution is -2.20. The lowest BCUT2D eigenvalue weighted by molar-refractivity contribution is -0.385. The molecule has 6 nitrogen and oxygen atoms in total. The van der Waals surface area contributed by atoms with Crippen molar-refractivity contribution in [2.24, 2.45) is 0 Å². The molecular formula is C14H9ClF2N2O4. The molecule has 23 heavy (non-hydrogen) atoms. The monoisotopic (exact) mass is 342 g/mol. The summed E-state index contributed by atoms with van der Waals surface area (Å²) >= 11 is 5.65. The van der Waals surface area contributed by atoms with Crippen LogP contribution in [0.25, 0.3) is 0 Å². The first-order valence-corrected chi connectivity index (χ1v) is 6.55. The summed E-state index contributed by atoms with van der Waals surface area (Å²) in [6.45, 7) is -0.583. The van der Waals surface area contributed by atoms with Crippen LogP contribution in [0.4, 0.5) is 20.2 Å². The lowest BCUT2D eigenvalue weighted by atomic mass is 10.3. The maximum Gasteiger partial charge on any atom is 0.312 e. The fourth-order valence-corrected chi connectivity index (χ4v) is 1.89. The molecule has 0 aliphatic carbocycles. The van der Waals surface area contributed by atoms with Gasteiger partial charge in [0.2, 0.25) is 0 Å². The van der Waals surface area contributed by atoms with Gasteiger partial charge in [0, 0.05) is 22.8 Å². The number of anilines is 1. The fourth-order valence-electron chi connectivity index (χ4n) is 1.72. The number of nitro benzene ring substituents is 1.